The Hall–Kier alpha value is -0.810. The highest BCUT2D eigenvalue weighted by Crippen LogP contribution is 2.62. The molecule has 0 aromatic carbocycles. The molecule has 4 unspecified atom stereocenters. The van der Waals surface area contributed by atoms with Crippen molar-refractivity contribution >= 4 is 5.96 Å². The van der Waals surface area contributed by atoms with Gasteiger partial charge in [0.15, 0.2) is 5.96 Å². The van der Waals surface area contributed by atoms with Crippen LogP contribution in [-0.4, -0.2) is 61.8 Å². The van der Waals surface area contributed by atoms with Gasteiger partial charge >= 0.3 is 0 Å². The Balaban J connectivity index is 1.21. The largest absolute Gasteiger partial charge is 0.377 e. The van der Waals surface area contributed by atoms with E-state index in [0.29, 0.717) is 29.5 Å². The number of ether oxygens (including phenoxy) is 1. The second-order valence-corrected chi connectivity index (χ2v) is 8.38. The van der Waals surface area contributed by atoms with Crippen LogP contribution in [0.4, 0.5) is 0 Å². The van der Waals surface area contributed by atoms with Gasteiger partial charge in [-0.3, -0.25) is 9.89 Å². The Morgan fingerprint density at radius 3 is 2.74 bits per heavy atom. The molecule has 2 aliphatic heterocycles. The number of hydrogen-bond donors (Lipinski definition) is 2. The van der Waals surface area contributed by atoms with Crippen LogP contribution in [0, 0.1) is 11.3 Å². The van der Waals surface area contributed by atoms with E-state index >= 15 is 0 Å². The fourth-order valence-corrected chi connectivity index (χ4v) is 5.64. The van der Waals surface area contributed by atoms with E-state index in [1.165, 1.54) is 58.0 Å². The summed E-state index contributed by atoms with van der Waals surface area (Å²) in [4.78, 5) is 7.19. The molecular formula is C18H30N4O. The molecule has 0 radical (unpaired) electrons. The summed E-state index contributed by atoms with van der Waals surface area (Å²) in [5.41, 5.74) is 0.425. The Kier molecular flexibility index (Phi) is 3.38. The van der Waals surface area contributed by atoms with Crippen LogP contribution in [0.5, 0.6) is 0 Å². The standard InChI is InChI=1S/C18H30N4O/c1-19-17(20-12-5-9-22(11-12)13-3-4-13)21-15-14-6-10-23-16(14)18(15)7-2-8-18/h12-16H,2-11H2,1H3,(H2,19,20,21). The topological polar surface area (TPSA) is 48.9 Å². The Morgan fingerprint density at radius 2 is 2.04 bits per heavy atom. The Labute approximate surface area is 139 Å². The predicted octanol–water partition coefficient (Wildman–Crippen LogP) is 1.35. The normalized spacial score (nSPS) is 42.2. The number of rotatable bonds is 3. The van der Waals surface area contributed by atoms with Crippen LogP contribution in [0.15, 0.2) is 4.99 Å². The van der Waals surface area contributed by atoms with Crippen molar-refractivity contribution in [3.8, 4) is 0 Å². The van der Waals surface area contributed by atoms with E-state index in [1.807, 2.05) is 7.05 Å². The first-order valence-electron chi connectivity index (χ1n) is 9.66. The zero-order valence-corrected chi connectivity index (χ0v) is 14.3. The van der Waals surface area contributed by atoms with Crippen molar-refractivity contribution in [2.45, 2.75) is 69.2 Å². The number of fused-ring (bicyclic) bond motifs is 2. The second-order valence-electron chi connectivity index (χ2n) is 8.38. The molecule has 5 rings (SSSR count). The van der Waals surface area contributed by atoms with Crippen LogP contribution in [0.2, 0.25) is 0 Å². The highest BCUT2D eigenvalue weighted by atomic mass is 16.5. The van der Waals surface area contributed by atoms with Crippen molar-refractivity contribution in [3.63, 3.8) is 0 Å². The summed E-state index contributed by atoms with van der Waals surface area (Å²) in [7, 11) is 1.91. The van der Waals surface area contributed by atoms with Gasteiger partial charge in [-0.25, -0.2) is 0 Å². The molecule has 1 spiro atoms. The minimum absolute atomic E-state index is 0.425. The lowest BCUT2D eigenvalue weighted by molar-refractivity contribution is -0.171. The lowest BCUT2D eigenvalue weighted by Crippen LogP contribution is -2.72. The highest BCUT2D eigenvalue weighted by molar-refractivity contribution is 5.80. The molecule has 23 heavy (non-hydrogen) atoms. The fraction of sp³-hybridized carbons (Fsp3) is 0.944. The molecule has 128 valence electrons. The number of aliphatic imine (C=N–C) groups is 1. The van der Waals surface area contributed by atoms with Crippen molar-refractivity contribution in [1.82, 2.24) is 15.5 Å². The first-order chi connectivity index (χ1) is 11.3. The third-order valence-corrected chi connectivity index (χ3v) is 7.18. The van der Waals surface area contributed by atoms with Gasteiger partial charge < -0.3 is 15.4 Å². The van der Waals surface area contributed by atoms with Gasteiger partial charge in [0.05, 0.1) is 6.10 Å². The molecule has 4 atom stereocenters. The van der Waals surface area contributed by atoms with Crippen LogP contribution in [0.25, 0.3) is 0 Å². The van der Waals surface area contributed by atoms with Crippen LogP contribution in [0.3, 0.4) is 0 Å². The third kappa shape index (κ3) is 2.23. The van der Waals surface area contributed by atoms with Crippen molar-refractivity contribution in [2.24, 2.45) is 16.3 Å². The minimum Gasteiger partial charge on any atom is -0.377 e. The van der Waals surface area contributed by atoms with Gasteiger partial charge in [0.25, 0.3) is 0 Å². The molecule has 5 fully saturated rings. The molecule has 3 aliphatic carbocycles. The van der Waals surface area contributed by atoms with E-state index in [0.717, 1.165) is 18.6 Å². The summed E-state index contributed by atoms with van der Waals surface area (Å²) in [6.07, 6.45) is 9.87. The van der Waals surface area contributed by atoms with Gasteiger partial charge in [0.1, 0.15) is 0 Å². The molecule has 2 saturated heterocycles. The van der Waals surface area contributed by atoms with Gasteiger partial charge in [0.2, 0.25) is 0 Å². The maximum Gasteiger partial charge on any atom is 0.191 e. The summed E-state index contributed by atoms with van der Waals surface area (Å²) in [6.45, 7) is 3.40. The lowest BCUT2D eigenvalue weighted by Gasteiger charge is -2.63. The average molecular weight is 318 g/mol. The van der Waals surface area contributed by atoms with Gasteiger partial charge in [0, 0.05) is 56.2 Å². The van der Waals surface area contributed by atoms with Gasteiger partial charge in [-0.2, -0.15) is 0 Å². The van der Waals surface area contributed by atoms with E-state index < -0.39 is 0 Å². The number of nitrogens with one attached hydrogen (secondary N) is 2. The Bertz CT molecular complexity index is 499. The molecule has 5 nitrogen and oxygen atoms in total. The van der Waals surface area contributed by atoms with Gasteiger partial charge in [-0.1, -0.05) is 6.42 Å². The molecule has 5 aliphatic rings. The molecule has 5 heteroatoms. The lowest BCUT2D eigenvalue weighted by atomic mass is 9.46. The monoisotopic (exact) mass is 318 g/mol. The summed E-state index contributed by atoms with van der Waals surface area (Å²) >= 11 is 0. The quantitative estimate of drug-likeness (QED) is 0.609. The average Bonchev–Trinajstić information content (AvgIpc) is 3.10. The molecule has 2 heterocycles. The predicted molar refractivity (Wildman–Crippen MR) is 90.5 cm³/mol. The minimum atomic E-state index is 0.425. The fourth-order valence-electron chi connectivity index (χ4n) is 5.64. The summed E-state index contributed by atoms with van der Waals surface area (Å²) in [5.74, 6) is 1.73. The van der Waals surface area contributed by atoms with Crippen molar-refractivity contribution in [3.05, 3.63) is 0 Å². The maximum atomic E-state index is 6.03. The molecule has 3 saturated carbocycles. The summed E-state index contributed by atoms with van der Waals surface area (Å²) in [5, 5.41) is 7.49. The van der Waals surface area contributed by atoms with E-state index in [-0.39, 0.29) is 0 Å². The zero-order chi connectivity index (χ0) is 15.4. The number of hydrogen-bond acceptors (Lipinski definition) is 3. The molecular weight excluding hydrogens is 288 g/mol. The van der Waals surface area contributed by atoms with Crippen LogP contribution in [0.1, 0.15) is 44.9 Å². The molecule has 0 aromatic rings. The maximum absolute atomic E-state index is 6.03. The van der Waals surface area contributed by atoms with E-state index in [4.69, 9.17) is 4.74 Å². The van der Waals surface area contributed by atoms with E-state index in [9.17, 15) is 0 Å². The number of likely N-dealkylation sites (tertiary alicyclic amines) is 1. The molecule has 0 bridgehead atoms. The second kappa shape index (κ2) is 5.35. The van der Waals surface area contributed by atoms with Crippen LogP contribution < -0.4 is 10.6 Å². The summed E-state index contributed by atoms with van der Waals surface area (Å²) < 4.78 is 6.03. The number of guanidine groups is 1. The highest BCUT2D eigenvalue weighted by Gasteiger charge is 2.66. The third-order valence-electron chi connectivity index (χ3n) is 7.18. The number of nitrogens with zero attached hydrogens (tertiary/aromatic N) is 2. The first kappa shape index (κ1) is 14.5. The Morgan fingerprint density at radius 1 is 1.17 bits per heavy atom. The van der Waals surface area contributed by atoms with E-state index in [2.05, 4.69) is 20.5 Å². The van der Waals surface area contributed by atoms with E-state index in [1.54, 1.807) is 0 Å². The smallest absolute Gasteiger partial charge is 0.191 e. The van der Waals surface area contributed by atoms with Crippen molar-refractivity contribution in [2.75, 3.05) is 26.7 Å². The SMILES string of the molecule is CN=C(NC1CCN(C2CC2)C1)NC1C2CCOC2C12CCC2. The van der Waals surface area contributed by atoms with Crippen LogP contribution >= 0.6 is 0 Å². The zero-order valence-electron chi connectivity index (χ0n) is 14.3. The first-order valence-corrected chi connectivity index (χ1v) is 9.66. The van der Waals surface area contributed by atoms with Crippen molar-refractivity contribution < 1.29 is 4.74 Å². The molecule has 0 aromatic heterocycles. The van der Waals surface area contributed by atoms with Gasteiger partial charge in [-0.15, -0.1) is 0 Å². The van der Waals surface area contributed by atoms with Gasteiger partial charge in [-0.05, 0) is 38.5 Å². The van der Waals surface area contributed by atoms with Crippen LogP contribution in [-0.2, 0) is 4.74 Å². The summed E-state index contributed by atoms with van der Waals surface area (Å²) in [6, 6.07) is 2.03. The molecule has 2 N–H and O–H groups in total. The van der Waals surface area contributed by atoms with Crippen molar-refractivity contribution in [1.29, 1.82) is 0 Å². The molecule has 0 amide bonds.